The van der Waals surface area contributed by atoms with Crippen molar-refractivity contribution in [3.63, 3.8) is 0 Å². The van der Waals surface area contributed by atoms with Crippen molar-refractivity contribution in [3.05, 3.63) is 114 Å². The average molecular weight is 628 g/mol. The van der Waals surface area contributed by atoms with Crippen molar-refractivity contribution < 1.29 is 26.4 Å². The highest BCUT2D eigenvalue weighted by Crippen LogP contribution is 2.34. The second kappa shape index (κ2) is 12.7. The number of carbonyl (C=O) groups excluding carboxylic acids is 1. The molecule has 0 bridgehead atoms. The summed E-state index contributed by atoms with van der Waals surface area (Å²) in [6.07, 6.45) is -4.74. The van der Waals surface area contributed by atoms with Crippen LogP contribution in [0.3, 0.4) is 0 Å². The molecule has 0 unspecified atom stereocenters. The third-order valence-corrected chi connectivity index (χ3v) is 9.39. The zero-order valence-corrected chi connectivity index (χ0v) is 24.6. The number of halogens is 4. The normalized spacial score (nSPS) is 14.0. The van der Waals surface area contributed by atoms with E-state index in [0.717, 1.165) is 39.8 Å². The smallest absolute Gasteiger partial charge is 0.368 e. The van der Waals surface area contributed by atoms with Crippen LogP contribution in [0.4, 0.5) is 24.5 Å². The lowest BCUT2D eigenvalue weighted by atomic mass is 10.1. The first kappa shape index (κ1) is 30.4. The molecule has 0 aliphatic carbocycles. The minimum absolute atomic E-state index is 0.127. The van der Waals surface area contributed by atoms with Gasteiger partial charge in [-0.05, 0) is 65.7 Å². The fourth-order valence-corrected chi connectivity index (χ4v) is 6.73. The summed E-state index contributed by atoms with van der Waals surface area (Å²) in [5.41, 5.74) is 1.76. The Morgan fingerprint density at radius 1 is 0.791 bits per heavy atom. The quantitative estimate of drug-likeness (QED) is 0.212. The number of hydrogen-bond donors (Lipinski definition) is 0. The molecular formula is C32H29ClF3N3O3S. The lowest BCUT2D eigenvalue weighted by molar-refractivity contribution is -0.137. The fourth-order valence-electron chi connectivity index (χ4n) is 5.05. The number of hydrogen-bond acceptors (Lipinski definition) is 4. The maximum Gasteiger partial charge on any atom is 0.416 e. The lowest BCUT2D eigenvalue weighted by Crippen LogP contribution is -2.49. The third kappa shape index (κ3) is 7.14. The number of para-hydroxylation sites is 1. The molecule has 5 rings (SSSR count). The van der Waals surface area contributed by atoms with Crippen LogP contribution < -0.4 is 9.21 Å². The zero-order chi connectivity index (χ0) is 30.6. The molecule has 0 radical (unpaired) electrons. The minimum atomic E-state index is -4.61. The van der Waals surface area contributed by atoms with Crippen molar-refractivity contribution in [1.29, 1.82) is 0 Å². The van der Waals surface area contributed by atoms with Crippen molar-refractivity contribution in [1.82, 2.24) is 4.90 Å². The van der Waals surface area contributed by atoms with Gasteiger partial charge >= 0.3 is 6.18 Å². The molecule has 224 valence electrons. The topological polar surface area (TPSA) is 60.9 Å². The van der Waals surface area contributed by atoms with E-state index in [9.17, 15) is 26.4 Å². The lowest BCUT2D eigenvalue weighted by Gasteiger charge is -2.36. The summed E-state index contributed by atoms with van der Waals surface area (Å²) in [6, 6.07) is 27.2. The molecule has 4 aromatic rings. The van der Waals surface area contributed by atoms with E-state index in [1.54, 1.807) is 17.0 Å². The van der Waals surface area contributed by atoms with Crippen LogP contribution in [0.2, 0.25) is 5.02 Å². The molecule has 6 nitrogen and oxygen atoms in total. The molecule has 0 N–H and O–H groups in total. The largest absolute Gasteiger partial charge is 0.416 e. The molecule has 11 heteroatoms. The Bertz CT molecular complexity index is 1660. The van der Waals surface area contributed by atoms with Crippen molar-refractivity contribution in [2.45, 2.75) is 17.5 Å². The maximum atomic E-state index is 13.9. The number of benzene rings is 4. The van der Waals surface area contributed by atoms with Crippen LogP contribution >= 0.6 is 11.6 Å². The standard InChI is InChI=1S/C32H29ClF3N3O3S/c33-27-21-25(24-7-3-1-4-8-24)22-29(23-27)39(43(41,42)30-13-11-26(12-14-30)32(34,35)36)16-15-31(40)38-19-17-37(18-20-38)28-9-5-2-6-10-28/h1-14,21-23H,15-20H2. The van der Waals surface area contributed by atoms with Gasteiger partial charge in [-0.15, -0.1) is 0 Å². The summed E-state index contributed by atoms with van der Waals surface area (Å²) in [5, 5.41) is 0.271. The van der Waals surface area contributed by atoms with Crippen LogP contribution in [0, 0.1) is 0 Å². The summed E-state index contributed by atoms with van der Waals surface area (Å²) < 4.78 is 68.4. The van der Waals surface area contributed by atoms with Crippen LogP contribution in [0.5, 0.6) is 0 Å². The predicted molar refractivity (Wildman–Crippen MR) is 163 cm³/mol. The van der Waals surface area contributed by atoms with Crippen molar-refractivity contribution in [2.24, 2.45) is 0 Å². The molecule has 1 aliphatic rings. The summed E-state index contributed by atoms with van der Waals surface area (Å²) in [4.78, 5) is 16.8. The van der Waals surface area contributed by atoms with Crippen molar-refractivity contribution in [3.8, 4) is 11.1 Å². The number of piperazine rings is 1. The molecule has 1 fully saturated rings. The second-order valence-corrected chi connectivity index (χ2v) is 12.4. The van der Waals surface area contributed by atoms with Crippen LogP contribution in [0.25, 0.3) is 11.1 Å². The van der Waals surface area contributed by atoms with Gasteiger partial charge in [0.15, 0.2) is 0 Å². The number of carbonyl (C=O) groups is 1. The van der Waals surface area contributed by atoms with E-state index in [4.69, 9.17) is 11.6 Å². The molecule has 0 saturated carbocycles. The monoisotopic (exact) mass is 627 g/mol. The molecule has 1 aliphatic heterocycles. The van der Waals surface area contributed by atoms with Gasteiger partial charge in [0.2, 0.25) is 5.91 Å². The minimum Gasteiger partial charge on any atom is -0.368 e. The first-order valence-corrected chi connectivity index (χ1v) is 15.5. The van der Waals surface area contributed by atoms with Gasteiger partial charge in [-0.2, -0.15) is 13.2 Å². The van der Waals surface area contributed by atoms with E-state index in [1.807, 2.05) is 60.7 Å². The van der Waals surface area contributed by atoms with Crippen molar-refractivity contribution in [2.75, 3.05) is 41.9 Å². The van der Waals surface area contributed by atoms with Gasteiger partial charge in [0, 0.05) is 49.9 Å². The average Bonchev–Trinajstić information content (AvgIpc) is 3.01. The second-order valence-electron chi connectivity index (χ2n) is 10.1. The molecule has 43 heavy (non-hydrogen) atoms. The Morgan fingerprint density at radius 3 is 2.00 bits per heavy atom. The third-order valence-electron chi connectivity index (χ3n) is 7.33. The SMILES string of the molecule is O=C(CCN(c1cc(Cl)cc(-c2ccccc2)c1)S(=O)(=O)c1ccc(C(F)(F)F)cc1)N1CCN(c2ccccc2)CC1. The molecule has 0 atom stereocenters. The Hall–Kier alpha value is -4.02. The number of amides is 1. The van der Waals surface area contributed by atoms with Gasteiger partial charge in [0.25, 0.3) is 10.0 Å². The van der Waals surface area contributed by atoms with Gasteiger partial charge < -0.3 is 9.80 Å². The van der Waals surface area contributed by atoms with E-state index in [0.29, 0.717) is 31.7 Å². The fraction of sp³-hybridized carbons (Fsp3) is 0.219. The van der Waals surface area contributed by atoms with Crippen LogP contribution in [0.1, 0.15) is 12.0 Å². The molecule has 0 spiro atoms. The summed E-state index contributed by atoms with van der Waals surface area (Å²) in [7, 11) is -4.37. The molecule has 0 aromatic heterocycles. The van der Waals surface area contributed by atoms with E-state index in [1.165, 1.54) is 6.07 Å². The molecule has 1 saturated heterocycles. The Kier molecular flexibility index (Phi) is 8.98. The number of sulfonamides is 1. The number of alkyl halides is 3. The predicted octanol–water partition coefficient (Wildman–Crippen LogP) is 6.96. The molecule has 4 aromatic carbocycles. The van der Waals surface area contributed by atoms with Gasteiger partial charge in [0.1, 0.15) is 0 Å². The Morgan fingerprint density at radius 2 is 1.40 bits per heavy atom. The molecule has 1 heterocycles. The van der Waals surface area contributed by atoms with Gasteiger partial charge in [0.05, 0.1) is 16.1 Å². The van der Waals surface area contributed by atoms with Crippen LogP contribution in [0.15, 0.2) is 108 Å². The maximum absolute atomic E-state index is 13.9. The highest BCUT2D eigenvalue weighted by Gasteiger charge is 2.32. The molecular weight excluding hydrogens is 599 g/mol. The van der Waals surface area contributed by atoms with E-state index < -0.39 is 21.8 Å². The van der Waals surface area contributed by atoms with E-state index >= 15 is 0 Å². The summed E-state index contributed by atoms with van der Waals surface area (Å²) in [6.45, 7) is 2.01. The number of anilines is 2. The Labute approximate surface area is 254 Å². The van der Waals surface area contributed by atoms with Crippen LogP contribution in [-0.2, 0) is 21.0 Å². The Balaban J connectivity index is 1.41. The van der Waals surface area contributed by atoms with E-state index in [-0.39, 0.29) is 34.5 Å². The van der Waals surface area contributed by atoms with Crippen molar-refractivity contribution >= 4 is 38.9 Å². The van der Waals surface area contributed by atoms with Gasteiger partial charge in [-0.25, -0.2) is 8.42 Å². The highest BCUT2D eigenvalue weighted by molar-refractivity contribution is 7.92. The summed E-state index contributed by atoms with van der Waals surface area (Å²) in [5.74, 6) is -0.217. The molecule has 1 amide bonds. The van der Waals surface area contributed by atoms with Gasteiger partial charge in [-0.1, -0.05) is 60.1 Å². The highest BCUT2D eigenvalue weighted by atomic mass is 35.5. The van der Waals surface area contributed by atoms with Crippen LogP contribution in [-0.4, -0.2) is 51.9 Å². The summed E-state index contributed by atoms with van der Waals surface area (Å²) >= 11 is 6.43. The van der Waals surface area contributed by atoms with Gasteiger partial charge in [-0.3, -0.25) is 9.10 Å². The van der Waals surface area contributed by atoms with E-state index in [2.05, 4.69) is 4.90 Å². The first-order chi connectivity index (χ1) is 20.5. The number of nitrogens with zero attached hydrogens (tertiary/aromatic N) is 3. The first-order valence-electron chi connectivity index (χ1n) is 13.7. The zero-order valence-electron chi connectivity index (χ0n) is 23.0. The number of rotatable bonds is 8.